The molecule has 7 heteroatoms. The Kier molecular flexibility index (Phi) is 7.28. The summed E-state index contributed by atoms with van der Waals surface area (Å²) in [5, 5.41) is 2.77. The fraction of sp³-hybridized carbons (Fsp3) is 0.875. The Bertz CT molecular complexity index is 408. The number of methoxy groups -OCH3 is 1. The van der Waals surface area contributed by atoms with E-state index in [1.54, 1.807) is 12.0 Å². The number of hydrogen-bond donors (Lipinski definition) is 1. The minimum absolute atomic E-state index is 0.00829. The molecule has 0 aromatic rings. The molecule has 1 aliphatic rings. The van der Waals surface area contributed by atoms with Gasteiger partial charge in [0.05, 0.1) is 12.1 Å². The van der Waals surface area contributed by atoms with E-state index in [-0.39, 0.29) is 18.6 Å². The summed E-state index contributed by atoms with van der Waals surface area (Å²) >= 11 is 0. The van der Waals surface area contributed by atoms with E-state index in [1.165, 1.54) is 0 Å². The van der Waals surface area contributed by atoms with Crippen LogP contribution >= 0.6 is 0 Å². The van der Waals surface area contributed by atoms with E-state index in [4.69, 9.17) is 14.2 Å². The van der Waals surface area contributed by atoms with Crippen LogP contribution in [-0.4, -0.2) is 68.1 Å². The molecule has 1 atom stereocenters. The van der Waals surface area contributed by atoms with Gasteiger partial charge >= 0.3 is 6.09 Å². The molecule has 1 heterocycles. The number of amides is 2. The number of carbonyl (C=O) groups excluding carboxylic acids is 2. The van der Waals surface area contributed by atoms with Gasteiger partial charge < -0.3 is 24.4 Å². The van der Waals surface area contributed by atoms with Gasteiger partial charge in [0.2, 0.25) is 5.91 Å². The van der Waals surface area contributed by atoms with Crippen LogP contribution in [0.3, 0.4) is 0 Å². The number of likely N-dealkylation sites (tertiary alicyclic amines) is 1. The first-order chi connectivity index (χ1) is 10.7. The highest BCUT2D eigenvalue weighted by molar-refractivity contribution is 5.77. The molecule has 134 valence electrons. The van der Waals surface area contributed by atoms with Crippen LogP contribution in [0.4, 0.5) is 4.79 Å². The Morgan fingerprint density at radius 2 is 2.00 bits per heavy atom. The molecule has 1 unspecified atom stereocenters. The SMILES string of the molecule is COCCCNC(=O)COC1(C)CCN(C(=O)OC(C)(C)C)C1. The molecule has 0 aromatic carbocycles. The van der Waals surface area contributed by atoms with Crippen LogP contribution < -0.4 is 5.32 Å². The summed E-state index contributed by atoms with van der Waals surface area (Å²) in [6, 6.07) is 0. The number of nitrogens with zero attached hydrogens (tertiary/aromatic N) is 1. The van der Waals surface area contributed by atoms with Crippen molar-refractivity contribution in [2.45, 2.75) is 51.7 Å². The van der Waals surface area contributed by atoms with Crippen LogP contribution in [0.25, 0.3) is 0 Å². The predicted molar refractivity (Wildman–Crippen MR) is 86.3 cm³/mol. The van der Waals surface area contributed by atoms with Crippen molar-refractivity contribution in [2.24, 2.45) is 0 Å². The fourth-order valence-corrected chi connectivity index (χ4v) is 2.27. The lowest BCUT2D eigenvalue weighted by atomic mass is 10.1. The third kappa shape index (κ3) is 7.65. The van der Waals surface area contributed by atoms with Crippen molar-refractivity contribution in [3.8, 4) is 0 Å². The lowest BCUT2D eigenvalue weighted by Crippen LogP contribution is -2.41. The monoisotopic (exact) mass is 330 g/mol. The minimum Gasteiger partial charge on any atom is -0.444 e. The van der Waals surface area contributed by atoms with Gasteiger partial charge in [-0.15, -0.1) is 0 Å². The van der Waals surface area contributed by atoms with Gasteiger partial charge in [-0.05, 0) is 40.5 Å². The summed E-state index contributed by atoms with van der Waals surface area (Å²) in [5.74, 6) is -0.155. The van der Waals surface area contributed by atoms with Gasteiger partial charge in [-0.3, -0.25) is 4.79 Å². The second kappa shape index (κ2) is 8.49. The van der Waals surface area contributed by atoms with E-state index in [0.29, 0.717) is 32.7 Å². The third-order valence-corrected chi connectivity index (χ3v) is 3.49. The molecule has 0 spiro atoms. The second-order valence-electron chi connectivity index (χ2n) is 7.09. The molecule has 0 bridgehead atoms. The average molecular weight is 330 g/mol. The highest BCUT2D eigenvalue weighted by atomic mass is 16.6. The Hall–Kier alpha value is -1.34. The van der Waals surface area contributed by atoms with E-state index >= 15 is 0 Å². The molecule has 0 aromatic heterocycles. The number of ether oxygens (including phenoxy) is 3. The van der Waals surface area contributed by atoms with Crippen molar-refractivity contribution in [1.29, 1.82) is 0 Å². The summed E-state index contributed by atoms with van der Waals surface area (Å²) in [6.07, 6.45) is 1.11. The Labute approximate surface area is 138 Å². The van der Waals surface area contributed by atoms with Crippen molar-refractivity contribution in [1.82, 2.24) is 10.2 Å². The van der Waals surface area contributed by atoms with Gasteiger partial charge in [0, 0.05) is 26.8 Å². The lowest BCUT2D eigenvalue weighted by molar-refractivity contribution is -0.131. The summed E-state index contributed by atoms with van der Waals surface area (Å²) in [6.45, 7) is 9.60. The number of rotatable bonds is 7. The van der Waals surface area contributed by atoms with Crippen molar-refractivity contribution in [2.75, 3.05) is 40.0 Å². The molecule has 0 saturated carbocycles. The highest BCUT2D eigenvalue weighted by Gasteiger charge is 2.39. The smallest absolute Gasteiger partial charge is 0.410 e. The Balaban J connectivity index is 2.32. The van der Waals surface area contributed by atoms with Crippen molar-refractivity contribution in [3.05, 3.63) is 0 Å². The standard InChI is InChI=1S/C16H30N2O5/c1-15(2,3)23-14(20)18-9-7-16(4,12-18)22-11-13(19)17-8-6-10-21-5/h6-12H2,1-5H3,(H,17,19). The molecule has 2 amide bonds. The maximum Gasteiger partial charge on any atom is 0.410 e. The van der Waals surface area contributed by atoms with Crippen LogP contribution in [0.15, 0.2) is 0 Å². The number of hydrogen-bond acceptors (Lipinski definition) is 5. The highest BCUT2D eigenvalue weighted by Crippen LogP contribution is 2.26. The van der Waals surface area contributed by atoms with E-state index in [1.807, 2.05) is 27.7 Å². The maximum absolute atomic E-state index is 12.0. The number of nitrogens with one attached hydrogen (secondary N) is 1. The summed E-state index contributed by atoms with van der Waals surface area (Å²) in [4.78, 5) is 25.4. The van der Waals surface area contributed by atoms with E-state index in [9.17, 15) is 9.59 Å². The van der Waals surface area contributed by atoms with Crippen molar-refractivity contribution >= 4 is 12.0 Å². The zero-order chi connectivity index (χ0) is 17.5. The van der Waals surface area contributed by atoms with Gasteiger partial charge in [-0.1, -0.05) is 0 Å². The predicted octanol–water partition coefficient (Wildman–Crippen LogP) is 1.56. The van der Waals surface area contributed by atoms with Gasteiger partial charge in [-0.2, -0.15) is 0 Å². The van der Waals surface area contributed by atoms with Gasteiger partial charge in [0.15, 0.2) is 0 Å². The van der Waals surface area contributed by atoms with Gasteiger partial charge in [-0.25, -0.2) is 4.79 Å². The molecule has 0 aliphatic carbocycles. The molecule has 1 fully saturated rings. The quantitative estimate of drug-likeness (QED) is 0.717. The summed E-state index contributed by atoms with van der Waals surface area (Å²) < 4.78 is 16.0. The number of carbonyl (C=O) groups is 2. The average Bonchev–Trinajstić information content (AvgIpc) is 2.83. The molecule has 1 N–H and O–H groups in total. The molecule has 0 radical (unpaired) electrons. The first-order valence-corrected chi connectivity index (χ1v) is 8.03. The van der Waals surface area contributed by atoms with Crippen LogP contribution in [0.5, 0.6) is 0 Å². The van der Waals surface area contributed by atoms with Crippen molar-refractivity contribution < 1.29 is 23.8 Å². The molecule has 1 rings (SSSR count). The Morgan fingerprint density at radius 1 is 1.30 bits per heavy atom. The van der Waals surface area contributed by atoms with Crippen LogP contribution in [-0.2, 0) is 19.0 Å². The summed E-state index contributed by atoms with van der Waals surface area (Å²) in [5.41, 5.74) is -1.03. The zero-order valence-electron chi connectivity index (χ0n) is 14.9. The fourth-order valence-electron chi connectivity index (χ4n) is 2.27. The maximum atomic E-state index is 12.0. The molecule has 1 aliphatic heterocycles. The van der Waals surface area contributed by atoms with E-state index in [0.717, 1.165) is 6.42 Å². The molecular formula is C16H30N2O5. The van der Waals surface area contributed by atoms with Gasteiger partial charge in [0.25, 0.3) is 0 Å². The Morgan fingerprint density at radius 3 is 2.61 bits per heavy atom. The van der Waals surface area contributed by atoms with Crippen LogP contribution in [0.2, 0.25) is 0 Å². The third-order valence-electron chi connectivity index (χ3n) is 3.49. The van der Waals surface area contributed by atoms with E-state index in [2.05, 4.69) is 5.32 Å². The lowest BCUT2D eigenvalue weighted by Gasteiger charge is -2.27. The molecule has 1 saturated heterocycles. The van der Waals surface area contributed by atoms with Crippen LogP contribution in [0.1, 0.15) is 40.5 Å². The largest absolute Gasteiger partial charge is 0.444 e. The van der Waals surface area contributed by atoms with Crippen LogP contribution in [0, 0.1) is 0 Å². The van der Waals surface area contributed by atoms with Gasteiger partial charge in [0.1, 0.15) is 12.2 Å². The van der Waals surface area contributed by atoms with E-state index < -0.39 is 11.2 Å². The second-order valence-corrected chi connectivity index (χ2v) is 7.09. The minimum atomic E-state index is -0.515. The molecular weight excluding hydrogens is 300 g/mol. The first kappa shape index (κ1) is 19.7. The summed E-state index contributed by atoms with van der Waals surface area (Å²) in [7, 11) is 1.63. The van der Waals surface area contributed by atoms with Crippen molar-refractivity contribution in [3.63, 3.8) is 0 Å². The zero-order valence-corrected chi connectivity index (χ0v) is 14.9. The first-order valence-electron chi connectivity index (χ1n) is 8.03. The molecule has 7 nitrogen and oxygen atoms in total. The molecule has 23 heavy (non-hydrogen) atoms. The topological polar surface area (TPSA) is 77.1 Å². The normalized spacial score (nSPS) is 21.3.